The minimum atomic E-state index is -1.01. The summed E-state index contributed by atoms with van der Waals surface area (Å²) in [4.78, 5) is 43.3. The Hall–Kier alpha value is -3.17. The molecule has 0 aliphatic rings. The summed E-state index contributed by atoms with van der Waals surface area (Å²) in [6, 6.07) is 11.2. The van der Waals surface area contributed by atoms with Gasteiger partial charge in [0.15, 0.2) is 0 Å². The fraction of sp³-hybridized carbons (Fsp3) is 0.200. The average Bonchev–Trinajstić information content (AvgIpc) is 2.69. The number of hydrogen-bond acceptors (Lipinski definition) is 6. The molecule has 0 aromatic heterocycles. The smallest absolute Gasteiger partial charge is 0.338 e. The largest absolute Gasteiger partial charge is 0.478 e. The van der Waals surface area contributed by atoms with Crippen molar-refractivity contribution in [3.8, 4) is 0 Å². The van der Waals surface area contributed by atoms with Gasteiger partial charge in [0.1, 0.15) is 0 Å². The van der Waals surface area contributed by atoms with Crippen LogP contribution in [0.15, 0.2) is 48.5 Å². The molecule has 2 rings (SSSR count). The van der Waals surface area contributed by atoms with E-state index in [2.05, 4.69) is 0 Å². The maximum absolute atomic E-state index is 11.2. The van der Waals surface area contributed by atoms with E-state index in [9.17, 15) is 19.2 Å². The van der Waals surface area contributed by atoms with Crippen LogP contribution in [0.3, 0.4) is 0 Å². The summed E-state index contributed by atoms with van der Waals surface area (Å²) in [5.74, 6) is -2.91. The normalized spacial score (nSPS) is 9.17. The van der Waals surface area contributed by atoms with Gasteiger partial charge in [-0.05, 0) is 62.4 Å². The molecule has 0 heterocycles. The molecule has 0 spiro atoms. The van der Waals surface area contributed by atoms with E-state index in [1.54, 1.807) is 13.8 Å². The zero-order valence-corrected chi connectivity index (χ0v) is 16.8. The number of carbonyl (C=O) groups excluding carboxylic acids is 2. The Labute approximate surface area is 177 Å². The molecule has 0 amide bonds. The van der Waals surface area contributed by atoms with Crippen molar-refractivity contribution in [1.29, 1.82) is 0 Å². The van der Waals surface area contributed by atoms with E-state index in [1.165, 1.54) is 48.5 Å². The van der Waals surface area contributed by atoms with Gasteiger partial charge in [-0.25, -0.2) is 19.2 Å². The number of benzene rings is 2. The molecule has 2 N–H and O–H groups in total. The number of carbonyl (C=O) groups is 4. The number of rotatable bonds is 6. The predicted octanol–water partition coefficient (Wildman–Crippen LogP) is 3.12. The third-order valence-electron chi connectivity index (χ3n) is 3.29. The first kappa shape index (κ1) is 25.8. The Kier molecular flexibility index (Phi) is 11.6. The first-order valence-electron chi connectivity index (χ1n) is 8.31. The average molecular weight is 447 g/mol. The quantitative estimate of drug-likeness (QED) is 0.647. The Morgan fingerprint density at radius 2 is 0.862 bits per heavy atom. The molecule has 2 aromatic carbocycles. The number of carboxylic acids is 2. The van der Waals surface area contributed by atoms with Gasteiger partial charge >= 0.3 is 23.9 Å². The van der Waals surface area contributed by atoms with Crippen molar-refractivity contribution < 1.29 is 55.6 Å². The number of aromatic carboxylic acids is 2. The molecule has 0 atom stereocenters. The Balaban J connectivity index is 0.000000523. The molecule has 1 radical (unpaired) electrons. The fourth-order valence-electron chi connectivity index (χ4n) is 1.93. The van der Waals surface area contributed by atoms with Crippen LogP contribution >= 0.6 is 0 Å². The van der Waals surface area contributed by atoms with Gasteiger partial charge in [0.2, 0.25) is 0 Å². The van der Waals surface area contributed by atoms with Crippen LogP contribution in [0.25, 0.3) is 0 Å². The topological polar surface area (TPSA) is 127 Å². The first-order valence-corrected chi connectivity index (χ1v) is 8.31. The maximum atomic E-state index is 11.2. The summed E-state index contributed by atoms with van der Waals surface area (Å²) >= 11 is 0. The van der Waals surface area contributed by atoms with E-state index >= 15 is 0 Å². The molecule has 9 heteroatoms. The molecule has 0 fully saturated rings. The minimum absolute atomic E-state index is 0. The Morgan fingerprint density at radius 3 is 1.07 bits per heavy atom. The third kappa shape index (κ3) is 8.58. The van der Waals surface area contributed by atoms with Crippen molar-refractivity contribution in [2.24, 2.45) is 0 Å². The van der Waals surface area contributed by atoms with Crippen LogP contribution in [-0.2, 0) is 26.3 Å². The summed E-state index contributed by atoms with van der Waals surface area (Å²) in [5.41, 5.74) is 1.02. The Morgan fingerprint density at radius 1 is 0.621 bits per heavy atom. The van der Waals surface area contributed by atoms with Crippen molar-refractivity contribution in [3.05, 3.63) is 70.8 Å². The third-order valence-corrected chi connectivity index (χ3v) is 3.29. The van der Waals surface area contributed by atoms with E-state index in [4.69, 9.17) is 19.7 Å². The molecule has 29 heavy (non-hydrogen) atoms. The van der Waals surface area contributed by atoms with Gasteiger partial charge in [0.25, 0.3) is 0 Å². The van der Waals surface area contributed by atoms with Crippen LogP contribution in [0.4, 0.5) is 0 Å². The van der Waals surface area contributed by atoms with Crippen LogP contribution in [-0.4, -0.2) is 47.3 Å². The van der Waals surface area contributed by atoms with Crippen molar-refractivity contribution in [1.82, 2.24) is 0 Å². The molecule has 0 saturated carbocycles. The van der Waals surface area contributed by atoms with Gasteiger partial charge < -0.3 is 19.7 Å². The van der Waals surface area contributed by atoms with Gasteiger partial charge in [-0.3, -0.25) is 0 Å². The van der Waals surface area contributed by atoms with E-state index in [0.29, 0.717) is 24.3 Å². The number of carboxylic acid groups (broad SMARTS) is 2. The van der Waals surface area contributed by atoms with E-state index in [-0.39, 0.29) is 27.9 Å². The number of esters is 2. The van der Waals surface area contributed by atoms with E-state index in [1.807, 2.05) is 0 Å². The van der Waals surface area contributed by atoms with Crippen molar-refractivity contribution >= 4 is 23.9 Å². The van der Waals surface area contributed by atoms with Gasteiger partial charge in [0.05, 0.1) is 35.5 Å². The van der Waals surface area contributed by atoms with Gasteiger partial charge in [0, 0.05) is 16.8 Å². The molecule has 2 aromatic rings. The predicted molar refractivity (Wildman–Crippen MR) is 98.7 cm³/mol. The standard InChI is InChI=1S/2C10H10O4.Co/c2*1-2-14-10(13)8-5-3-7(4-6-8)9(11)12;/h2*3-6H,2H2,1H3,(H,11,12);. The molecular weight excluding hydrogens is 427 g/mol. The zero-order valence-electron chi connectivity index (χ0n) is 15.7. The molecule has 0 unspecified atom stereocenters. The molecule has 0 bridgehead atoms. The minimum Gasteiger partial charge on any atom is -0.478 e. The fourth-order valence-corrected chi connectivity index (χ4v) is 1.93. The number of ether oxygens (including phenoxy) is 2. The molecule has 8 nitrogen and oxygen atoms in total. The zero-order chi connectivity index (χ0) is 21.1. The molecule has 0 saturated heterocycles. The van der Waals surface area contributed by atoms with Crippen LogP contribution in [0, 0.1) is 0 Å². The van der Waals surface area contributed by atoms with Crippen molar-refractivity contribution in [2.45, 2.75) is 13.8 Å². The molecule has 157 valence electrons. The van der Waals surface area contributed by atoms with Crippen LogP contribution in [0.1, 0.15) is 55.3 Å². The van der Waals surface area contributed by atoms with Gasteiger partial charge in [-0.2, -0.15) is 0 Å². The van der Waals surface area contributed by atoms with Gasteiger partial charge in [-0.15, -0.1) is 0 Å². The van der Waals surface area contributed by atoms with E-state index in [0.717, 1.165) is 0 Å². The molecular formula is C20H20CoO8. The second kappa shape index (κ2) is 13.1. The van der Waals surface area contributed by atoms with Gasteiger partial charge in [-0.1, -0.05) is 0 Å². The summed E-state index contributed by atoms with van der Waals surface area (Å²) in [6.07, 6.45) is 0. The summed E-state index contributed by atoms with van der Waals surface area (Å²) in [7, 11) is 0. The summed E-state index contributed by atoms with van der Waals surface area (Å²) in [5, 5.41) is 17.2. The SMILES string of the molecule is CCOC(=O)c1ccc(C(=O)O)cc1.CCOC(=O)c1ccc(C(=O)O)cc1.[Co]. The van der Waals surface area contributed by atoms with Crippen molar-refractivity contribution in [2.75, 3.05) is 13.2 Å². The second-order valence-electron chi connectivity index (χ2n) is 5.21. The Bertz CT molecular complexity index is 757. The summed E-state index contributed by atoms with van der Waals surface area (Å²) in [6.45, 7) is 4.03. The van der Waals surface area contributed by atoms with Crippen LogP contribution in [0.2, 0.25) is 0 Å². The van der Waals surface area contributed by atoms with Crippen molar-refractivity contribution in [3.63, 3.8) is 0 Å². The first-order chi connectivity index (χ1) is 13.3. The number of hydrogen-bond donors (Lipinski definition) is 2. The maximum Gasteiger partial charge on any atom is 0.338 e. The van der Waals surface area contributed by atoms with Crippen LogP contribution < -0.4 is 0 Å². The monoisotopic (exact) mass is 447 g/mol. The molecule has 0 aliphatic heterocycles. The van der Waals surface area contributed by atoms with Crippen LogP contribution in [0.5, 0.6) is 0 Å². The molecule has 0 aliphatic carbocycles. The second-order valence-corrected chi connectivity index (χ2v) is 5.21. The van der Waals surface area contributed by atoms with E-state index < -0.39 is 23.9 Å². The summed E-state index contributed by atoms with van der Waals surface area (Å²) < 4.78 is 9.48.